The van der Waals surface area contributed by atoms with Crippen molar-refractivity contribution in [3.05, 3.63) is 103 Å². The van der Waals surface area contributed by atoms with E-state index in [1.54, 1.807) is 18.6 Å². The first-order valence-corrected chi connectivity index (χ1v) is 14.5. The number of likely N-dealkylation sites (N-methyl/N-ethyl adjacent to an activating group) is 1. The Morgan fingerprint density at radius 2 is 1.82 bits per heavy atom. The quantitative estimate of drug-likeness (QED) is 0.167. The van der Waals surface area contributed by atoms with E-state index in [2.05, 4.69) is 35.4 Å². The molecule has 0 fully saturated rings. The van der Waals surface area contributed by atoms with Gasteiger partial charge in [-0.05, 0) is 67.7 Å². The summed E-state index contributed by atoms with van der Waals surface area (Å²) in [6.07, 6.45) is 5.11. The minimum Gasteiger partial charge on any atom is -0.487 e. The molecule has 11 heteroatoms. The van der Waals surface area contributed by atoms with Crippen LogP contribution in [-0.4, -0.2) is 67.2 Å². The zero-order chi connectivity index (χ0) is 30.8. The first-order valence-electron chi connectivity index (χ1n) is 14.5. The molecule has 3 N–H and O–H groups in total. The lowest BCUT2D eigenvalue weighted by Gasteiger charge is -2.13. The molecule has 0 saturated carbocycles. The number of nitrogens with zero attached hydrogens (tertiary/aromatic N) is 6. The van der Waals surface area contributed by atoms with Crippen LogP contribution in [0.1, 0.15) is 5.56 Å². The Hall–Kier alpha value is -5.68. The van der Waals surface area contributed by atoms with E-state index >= 15 is 0 Å². The van der Waals surface area contributed by atoms with E-state index in [0.717, 1.165) is 28.8 Å². The molecule has 0 radical (unpaired) electrons. The van der Waals surface area contributed by atoms with Crippen molar-refractivity contribution in [2.75, 3.05) is 32.5 Å². The van der Waals surface area contributed by atoms with E-state index in [4.69, 9.17) is 14.7 Å². The summed E-state index contributed by atoms with van der Waals surface area (Å²) < 4.78 is 20.7. The predicted molar refractivity (Wildman–Crippen MR) is 173 cm³/mol. The molecule has 0 aliphatic carbocycles. The molecular formula is C34H30FN9O. The highest BCUT2D eigenvalue weighted by molar-refractivity contribution is 5.95. The number of pyridine rings is 3. The number of H-pyrrole nitrogens is 2. The molecule has 0 amide bonds. The van der Waals surface area contributed by atoms with Gasteiger partial charge in [0.15, 0.2) is 17.2 Å². The smallest absolute Gasteiger partial charge is 0.178 e. The number of benzene rings is 2. The van der Waals surface area contributed by atoms with Gasteiger partial charge in [0.1, 0.15) is 23.7 Å². The summed E-state index contributed by atoms with van der Waals surface area (Å²) in [7, 11) is 4.00. The minimum atomic E-state index is -0.330. The molecule has 224 valence electrons. The number of imidazole rings is 1. The lowest BCUT2D eigenvalue weighted by molar-refractivity contribution is 0.305. The second-order valence-electron chi connectivity index (χ2n) is 10.9. The lowest BCUT2D eigenvalue weighted by Crippen LogP contribution is -2.20. The number of hydrogen-bond donors (Lipinski definition) is 3. The van der Waals surface area contributed by atoms with Crippen molar-refractivity contribution < 1.29 is 9.13 Å². The molecule has 45 heavy (non-hydrogen) atoms. The van der Waals surface area contributed by atoms with Crippen LogP contribution in [0.4, 0.5) is 10.1 Å². The van der Waals surface area contributed by atoms with E-state index in [0.29, 0.717) is 64.0 Å². The first kappa shape index (κ1) is 28.1. The molecular weight excluding hydrogens is 569 g/mol. The summed E-state index contributed by atoms with van der Waals surface area (Å²) in [5.41, 5.74) is 7.90. The van der Waals surface area contributed by atoms with Crippen LogP contribution in [-0.2, 0) is 6.61 Å². The summed E-state index contributed by atoms with van der Waals surface area (Å²) in [6.45, 7) is 1.96. The number of aromatic amines is 2. The Labute approximate surface area is 258 Å². The third-order valence-corrected chi connectivity index (χ3v) is 7.38. The van der Waals surface area contributed by atoms with E-state index in [-0.39, 0.29) is 5.82 Å². The van der Waals surface area contributed by atoms with Crippen LogP contribution in [0.25, 0.3) is 56.1 Å². The fraction of sp³-hybridized carbons (Fsp3) is 0.147. The summed E-state index contributed by atoms with van der Waals surface area (Å²) in [5.74, 6) is 0.818. The van der Waals surface area contributed by atoms with Crippen molar-refractivity contribution in [3.8, 4) is 39.7 Å². The zero-order valence-corrected chi connectivity index (χ0v) is 24.8. The highest BCUT2D eigenvalue weighted by Crippen LogP contribution is 2.33. The van der Waals surface area contributed by atoms with E-state index in [1.807, 2.05) is 74.8 Å². The third kappa shape index (κ3) is 6.06. The van der Waals surface area contributed by atoms with Crippen LogP contribution >= 0.6 is 0 Å². The third-order valence-electron chi connectivity index (χ3n) is 7.38. The number of nitrogens with one attached hydrogen (secondary N) is 3. The van der Waals surface area contributed by atoms with Gasteiger partial charge in [0, 0.05) is 42.3 Å². The summed E-state index contributed by atoms with van der Waals surface area (Å²) in [4.78, 5) is 24.0. The van der Waals surface area contributed by atoms with Crippen molar-refractivity contribution in [2.24, 2.45) is 0 Å². The Kier molecular flexibility index (Phi) is 7.58. The van der Waals surface area contributed by atoms with Gasteiger partial charge in [0.25, 0.3) is 0 Å². The average molecular weight is 600 g/mol. The van der Waals surface area contributed by atoms with Crippen molar-refractivity contribution in [1.82, 2.24) is 40.0 Å². The number of aromatic nitrogens is 7. The SMILES string of the molecule is CN(C)CCNc1cc(F)cc(-c2ccnc3nc(-c4n[nH]c5ccc(-c6cncc(OCc7ccccc7)c6)nc45)[nH]c23)c1. The van der Waals surface area contributed by atoms with Crippen LogP contribution in [0.5, 0.6) is 5.75 Å². The fourth-order valence-electron chi connectivity index (χ4n) is 5.14. The summed E-state index contributed by atoms with van der Waals surface area (Å²) in [6, 6.07) is 22.5. The maximum atomic E-state index is 14.7. The number of fused-ring (bicyclic) bond motifs is 2. The van der Waals surface area contributed by atoms with Gasteiger partial charge in [-0.3, -0.25) is 10.1 Å². The monoisotopic (exact) mass is 599 g/mol. The van der Waals surface area contributed by atoms with Crippen LogP contribution < -0.4 is 10.1 Å². The molecule has 2 aromatic carbocycles. The number of anilines is 1. The van der Waals surface area contributed by atoms with Crippen molar-refractivity contribution in [1.29, 1.82) is 0 Å². The van der Waals surface area contributed by atoms with Gasteiger partial charge in [-0.2, -0.15) is 5.10 Å². The number of halogens is 1. The van der Waals surface area contributed by atoms with Crippen LogP contribution in [0.2, 0.25) is 0 Å². The van der Waals surface area contributed by atoms with E-state index in [9.17, 15) is 4.39 Å². The van der Waals surface area contributed by atoms with Crippen LogP contribution in [0, 0.1) is 5.82 Å². The molecule has 0 aliphatic heterocycles. The minimum absolute atomic E-state index is 0.330. The van der Waals surface area contributed by atoms with Gasteiger partial charge in [-0.15, -0.1) is 0 Å². The molecule has 10 nitrogen and oxygen atoms in total. The molecule has 0 unspecified atom stereocenters. The molecule has 7 rings (SSSR count). The Bertz CT molecular complexity index is 2110. The molecule has 5 heterocycles. The summed E-state index contributed by atoms with van der Waals surface area (Å²) >= 11 is 0. The second kappa shape index (κ2) is 12.1. The Morgan fingerprint density at radius 3 is 2.69 bits per heavy atom. The number of hydrogen-bond acceptors (Lipinski definition) is 8. The maximum Gasteiger partial charge on any atom is 0.178 e. The van der Waals surface area contributed by atoms with Gasteiger partial charge in [0.2, 0.25) is 0 Å². The highest BCUT2D eigenvalue weighted by atomic mass is 19.1. The standard InChI is InChI=1S/C34H30FN9O/c1-44(2)13-12-37-25-15-22(14-24(35)17-25)27-10-11-38-33-30(27)40-34(41-33)32-31-29(42-43-32)9-8-28(39-31)23-16-26(19-36-18-23)45-20-21-6-4-3-5-7-21/h3-11,14-19,37H,12-13,20H2,1-2H3,(H,42,43)(H,38,40,41). The lowest BCUT2D eigenvalue weighted by atomic mass is 10.0. The summed E-state index contributed by atoms with van der Waals surface area (Å²) in [5, 5.41) is 10.9. The van der Waals surface area contributed by atoms with Crippen LogP contribution in [0.15, 0.2) is 91.4 Å². The molecule has 0 aliphatic rings. The Balaban J connectivity index is 1.20. The van der Waals surface area contributed by atoms with Gasteiger partial charge in [-0.25, -0.2) is 19.3 Å². The first-order chi connectivity index (χ1) is 22.0. The molecule has 0 spiro atoms. The van der Waals surface area contributed by atoms with Gasteiger partial charge in [-0.1, -0.05) is 30.3 Å². The molecule has 0 saturated heterocycles. The van der Waals surface area contributed by atoms with Gasteiger partial charge in [0.05, 0.1) is 22.9 Å². The number of ether oxygens (including phenoxy) is 1. The molecule has 0 bridgehead atoms. The predicted octanol–water partition coefficient (Wildman–Crippen LogP) is 6.32. The maximum absolute atomic E-state index is 14.7. The van der Waals surface area contributed by atoms with E-state index in [1.165, 1.54) is 12.1 Å². The molecule has 7 aromatic rings. The van der Waals surface area contributed by atoms with Gasteiger partial charge < -0.3 is 19.9 Å². The topological polar surface area (TPSA) is 121 Å². The zero-order valence-electron chi connectivity index (χ0n) is 24.8. The number of rotatable bonds is 10. The molecule has 5 aromatic heterocycles. The second-order valence-corrected chi connectivity index (χ2v) is 10.9. The van der Waals surface area contributed by atoms with Gasteiger partial charge >= 0.3 is 0 Å². The highest BCUT2D eigenvalue weighted by Gasteiger charge is 2.18. The van der Waals surface area contributed by atoms with Crippen molar-refractivity contribution >= 4 is 27.9 Å². The van der Waals surface area contributed by atoms with E-state index < -0.39 is 0 Å². The van der Waals surface area contributed by atoms with Crippen molar-refractivity contribution in [2.45, 2.75) is 6.61 Å². The van der Waals surface area contributed by atoms with Crippen molar-refractivity contribution in [3.63, 3.8) is 0 Å². The fourth-order valence-corrected chi connectivity index (χ4v) is 5.14. The molecule has 0 atom stereocenters. The van der Waals surface area contributed by atoms with Crippen LogP contribution in [0.3, 0.4) is 0 Å². The largest absolute Gasteiger partial charge is 0.487 e. The average Bonchev–Trinajstić information content (AvgIpc) is 3.68. The normalized spacial score (nSPS) is 11.5. The Morgan fingerprint density at radius 1 is 0.933 bits per heavy atom.